The normalized spacial score (nSPS) is 26.4. The van der Waals surface area contributed by atoms with Gasteiger partial charge in [-0.2, -0.15) is 0 Å². The van der Waals surface area contributed by atoms with E-state index in [2.05, 4.69) is 20.2 Å². The van der Waals surface area contributed by atoms with E-state index in [1.54, 1.807) is 12.4 Å². The molecule has 2 aliphatic rings. The minimum atomic E-state index is -0.355. The number of rotatable bonds is 7. The fourth-order valence-corrected chi connectivity index (χ4v) is 3.61. The minimum absolute atomic E-state index is 0.0476. The predicted octanol–water partition coefficient (Wildman–Crippen LogP) is 1.06. The largest absolute Gasteiger partial charge is 0.380 e. The predicted molar refractivity (Wildman–Crippen MR) is 93.0 cm³/mol. The highest BCUT2D eigenvalue weighted by atomic mass is 16.5. The van der Waals surface area contributed by atoms with Gasteiger partial charge >= 0.3 is 0 Å². The zero-order valence-electron chi connectivity index (χ0n) is 15.1. The fourth-order valence-electron chi connectivity index (χ4n) is 3.61. The lowest BCUT2D eigenvalue weighted by atomic mass is 9.98. The van der Waals surface area contributed by atoms with Crippen molar-refractivity contribution in [1.29, 1.82) is 0 Å². The summed E-state index contributed by atoms with van der Waals surface area (Å²) < 4.78 is 11.5. The third kappa shape index (κ3) is 4.74. The van der Waals surface area contributed by atoms with Crippen molar-refractivity contribution in [2.24, 2.45) is 0 Å². The average molecular weight is 348 g/mol. The van der Waals surface area contributed by atoms with Gasteiger partial charge in [-0.3, -0.25) is 19.7 Å². The van der Waals surface area contributed by atoms with E-state index < -0.39 is 0 Å². The summed E-state index contributed by atoms with van der Waals surface area (Å²) in [5.41, 5.74) is 1.63. The molecule has 25 heavy (non-hydrogen) atoms. The molecule has 0 bridgehead atoms. The topological polar surface area (TPSA) is 76.6 Å². The molecule has 7 nitrogen and oxygen atoms in total. The molecule has 3 atom stereocenters. The highest BCUT2D eigenvalue weighted by molar-refractivity contribution is 5.80. The fraction of sp³-hybridized carbons (Fsp3) is 0.722. The molecule has 2 aliphatic heterocycles. The van der Waals surface area contributed by atoms with E-state index >= 15 is 0 Å². The first-order valence-electron chi connectivity index (χ1n) is 9.20. The van der Waals surface area contributed by atoms with Crippen LogP contribution in [0.2, 0.25) is 0 Å². The van der Waals surface area contributed by atoms with Crippen molar-refractivity contribution in [3.05, 3.63) is 23.8 Å². The van der Waals surface area contributed by atoms with Crippen LogP contribution >= 0.6 is 0 Å². The molecule has 1 aromatic rings. The summed E-state index contributed by atoms with van der Waals surface area (Å²) in [4.78, 5) is 23.3. The van der Waals surface area contributed by atoms with Crippen LogP contribution in [-0.4, -0.2) is 65.3 Å². The van der Waals surface area contributed by atoms with Crippen molar-refractivity contribution in [2.75, 3.05) is 26.3 Å². The van der Waals surface area contributed by atoms with Gasteiger partial charge in [0.15, 0.2) is 0 Å². The van der Waals surface area contributed by atoms with E-state index in [-0.39, 0.29) is 18.1 Å². The number of amides is 1. The second-order valence-electron chi connectivity index (χ2n) is 6.70. The van der Waals surface area contributed by atoms with Crippen molar-refractivity contribution in [3.8, 4) is 0 Å². The summed E-state index contributed by atoms with van der Waals surface area (Å²) in [5, 5.41) is 2.92. The Kier molecular flexibility index (Phi) is 6.34. The van der Waals surface area contributed by atoms with E-state index in [1.807, 2.05) is 13.8 Å². The Balaban J connectivity index is 1.44. The van der Waals surface area contributed by atoms with Crippen molar-refractivity contribution >= 4 is 5.91 Å². The molecule has 3 rings (SSSR count). The summed E-state index contributed by atoms with van der Waals surface area (Å²) in [5.74, 6) is -0.0476. The number of nitrogens with zero attached hydrogens (tertiary/aromatic N) is 3. The molecule has 7 heteroatoms. The van der Waals surface area contributed by atoms with E-state index in [9.17, 15) is 4.79 Å². The maximum absolute atomic E-state index is 12.4. The van der Waals surface area contributed by atoms with Gasteiger partial charge in [-0.15, -0.1) is 0 Å². The number of hydrogen-bond donors (Lipinski definition) is 1. The Morgan fingerprint density at radius 1 is 1.36 bits per heavy atom. The SMILES string of the molecule is CCOCCN1CC[C@H]2O[C@@H](C(=O)NCc3cnc(C)cn3)CC[C@H]21. The molecule has 0 saturated carbocycles. The van der Waals surface area contributed by atoms with Gasteiger partial charge < -0.3 is 14.8 Å². The van der Waals surface area contributed by atoms with Crippen molar-refractivity contribution in [1.82, 2.24) is 20.2 Å². The molecular weight excluding hydrogens is 320 g/mol. The number of ether oxygens (including phenoxy) is 2. The van der Waals surface area contributed by atoms with Gasteiger partial charge in [-0.25, -0.2) is 0 Å². The second-order valence-corrected chi connectivity index (χ2v) is 6.70. The van der Waals surface area contributed by atoms with E-state index in [1.165, 1.54) is 0 Å². The molecule has 0 unspecified atom stereocenters. The van der Waals surface area contributed by atoms with Crippen molar-refractivity contribution in [2.45, 2.75) is 57.9 Å². The first-order chi connectivity index (χ1) is 12.2. The number of hydrogen-bond acceptors (Lipinski definition) is 6. The molecule has 1 aromatic heterocycles. The van der Waals surface area contributed by atoms with Crippen molar-refractivity contribution in [3.63, 3.8) is 0 Å². The molecule has 1 N–H and O–H groups in total. The number of likely N-dealkylation sites (tertiary alicyclic amines) is 1. The smallest absolute Gasteiger partial charge is 0.249 e. The Labute approximate surface area is 149 Å². The molecule has 1 amide bonds. The van der Waals surface area contributed by atoms with Gasteiger partial charge in [-0.05, 0) is 33.1 Å². The van der Waals surface area contributed by atoms with Gasteiger partial charge in [0.2, 0.25) is 5.91 Å². The van der Waals surface area contributed by atoms with Gasteiger partial charge in [0.05, 0.1) is 36.8 Å². The lowest BCUT2D eigenvalue weighted by Crippen LogP contribution is -2.48. The molecule has 0 radical (unpaired) electrons. The third-order valence-corrected chi connectivity index (χ3v) is 4.96. The number of aryl methyl sites for hydroxylation is 1. The number of aromatic nitrogens is 2. The van der Waals surface area contributed by atoms with E-state index in [0.717, 1.165) is 57.0 Å². The quantitative estimate of drug-likeness (QED) is 0.743. The van der Waals surface area contributed by atoms with Gasteiger partial charge in [-0.1, -0.05) is 0 Å². The van der Waals surface area contributed by atoms with Crippen LogP contribution in [0.4, 0.5) is 0 Å². The summed E-state index contributed by atoms with van der Waals surface area (Å²) >= 11 is 0. The second kappa shape index (κ2) is 8.69. The van der Waals surface area contributed by atoms with Crippen LogP contribution in [0.3, 0.4) is 0 Å². The summed E-state index contributed by atoms with van der Waals surface area (Å²) in [6, 6.07) is 0.424. The van der Waals surface area contributed by atoms with Crippen LogP contribution in [0.1, 0.15) is 37.6 Å². The van der Waals surface area contributed by atoms with E-state index in [0.29, 0.717) is 12.6 Å². The lowest BCUT2D eigenvalue weighted by molar-refractivity contribution is -0.144. The molecule has 138 valence electrons. The monoisotopic (exact) mass is 348 g/mol. The highest BCUT2D eigenvalue weighted by Crippen LogP contribution is 2.31. The standard InChI is InChI=1S/C18H28N4O3/c1-3-24-9-8-22-7-6-16-15(22)4-5-17(25-16)18(23)21-12-14-11-19-13(2)10-20-14/h10-11,15-17H,3-9,12H2,1-2H3,(H,21,23)/t15-,16-,17-/m1/s1. The zero-order chi connectivity index (χ0) is 17.6. The maximum atomic E-state index is 12.4. The Morgan fingerprint density at radius 2 is 2.24 bits per heavy atom. The summed E-state index contributed by atoms with van der Waals surface area (Å²) in [6.07, 6.45) is 5.96. The van der Waals surface area contributed by atoms with Crippen LogP contribution < -0.4 is 5.32 Å². The molecule has 0 aromatic carbocycles. The van der Waals surface area contributed by atoms with E-state index in [4.69, 9.17) is 9.47 Å². The Hall–Kier alpha value is -1.57. The molecular formula is C18H28N4O3. The van der Waals surface area contributed by atoms with Gasteiger partial charge in [0.1, 0.15) is 6.10 Å². The number of carbonyl (C=O) groups excluding carboxylic acids is 1. The van der Waals surface area contributed by atoms with Crippen LogP contribution in [0.25, 0.3) is 0 Å². The van der Waals surface area contributed by atoms with Crippen LogP contribution in [0.5, 0.6) is 0 Å². The van der Waals surface area contributed by atoms with Crippen LogP contribution in [0.15, 0.2) is 12.4 Å². The third-order valence-electron chi connectivity index (χ3n) is 4.96. The lowest BCUT2D eigenvalue weighted by Gasteiger charge is -2.35. The highest BCUT2D eigenvalue weighted by Gasteiger charge is 2.41. The van der Waals surface area contributed by atoms with Crippen LogP contribution in [0, 0.1) is 6.92 Å². The van der Waals surface area contributed by atoms with Gasteiger partial charge in [0.25, 0.3) is 0 Å². The zero-order valence-corrected chi connectivity index (χ0v) is 15.1. The van der Waals surface area contributed by atoms with Crippen molar-refractivity contribution < 1.29 is 14.3 Å². The molecule has 0 spiro atoms. The number of fused-ring (bicyclic) bond motifs is 1. The number of nitrogens with one attached hydrogen (secondary N) is 1. The van der Waals surface area contributed by atoms with Gasteiger partial charge in [0, 0.05) is 31.9 Å². The average Bonchev–Trinajstić information content (AvgIpc) is 3.03. The summed E-state index contributed by atoms with van der Waals surface area (Å²) in [7, 11) is 0. The first-order valence-corrected chi connectivity index (χ1v) is 9.20. The molecule has 2 saturated heterocycles. The maximum Gasteiger partial charge on any atom is 0.249 e. The Morgan fingerprint density at radius 3 is 3.00 bits per heavy atom. The summed E-state index contributed by atoms with van der Waals surface area (Å²) in [6.45, 7) is 7.79. The first kappa shape index (κ1) is 18.2. The molecule has 0 aliphatic carbocycles. The van der Waals surface area contributed by atoms with Crippen LogP contribution in [-0.2, 0) is 20.8 Å². The Bertz CT molecular complexity index is 566. The molecule has 3 heterocycles. The number of carbonyl (C=O) groups is 1. The minimum Gasteiger partial charge on any atom is -0.380 e. The molecule has 2 fully saturated rings.